The highest BCUT2D eigenvalue weighted by molar-refractivity contribution is 7.90. The third-order valence-corrected chi connectivity index (χ3v) is 32.3. The zero-order valence-electron chi connectivity index (χ0n) is 70.3. The molecule has 4 aliphatic rings. The Balaban J connectivity index is 0.000000120. The number of hydrogen-bond donors (Lipinski definition) is 4. The van der Waals surface area contributed by atoms with Crippen LogP contribution in [-0.2, 0) is 66.3 Å². The fourth-order valence-corrected chi connectivity index (χ4v) is 25.0. The predicted octanol–water partition coefficient (Wildman–Crippen LogP) is 15.1. The van der Waals surface area contributed by atoms with Crippen molar-refractivity contribution in [3.8, 4) is 56.3 Å². The smallest absolute Gasteiger partial charge is 0.263 e. The van der Waals surface area contributed by atoms with Crippen LogP contribution in [0.1, 0.15) is 70.9 Å². The first-order chi connectivity index (χ1) is 61.6. The Hall–Kier alpha value is -12.8. The van der Waals surface area contributed by atoms with Gasteiger partial charge in [-0.2, -0.15) is 63.3 Å². The van der Waals surface area contributed by atoms with Gasteiger partial charge in [0.05, 0.1) is 110 Å². The number of alkyl halides is 2. The maximum Gasteiger partial charge on any atom is 0.263 e. The average molecular weight is 1810 g/mol. The third kappa shape index (κ3) is 18.3. The molecule has 8 aromatic heterocycles. The Labute approximate surface area is 737 Å². The topological polar surface area (TPSA) is 369 Å². The van der Waals surface area contributed by atoms with Crippen molar-refractivity contribution in [1.29, 1.82) is 5.26 Å². The van der Waals surface area contributed by atoms with E-state index >= 15 is 0 Å². The molecule has 4 fully saturated rings. The summed E-state index contributed by atoms with van der Waals surface area (Å²) in [5.74, 6) is 0.615. The van der Waals surface area contributed by atoms with E-state index in [2.05, 4.69) is 91.5 Å². The van der Waals surface area contributed by atoms with Gasteiger partial charge in [-0.3, -0.25) is 39.1 Å². The van der Waals surface area contributed by atoms with Crippen molar-refractivity contribution in [3.63, 3.8) is 0 Å². The van der Waals surface area contributed by atoms with Crippen LogP contribution in [0.25, 0.3) is 88.1 Å². The number of fused-ring (bicyclic) bond motifs is 4. The molecule has 4 aliphatic heterocycles. The van der Waals surface area contributed by atoms with Gasteiger partial charge >= 0.3 is 0 Å². The van der Waals surface area contributed by atoms with Crippen molar-refractivity contribution in [2.24, 2.45) is 23.7 Å². The molecule has 0 aliphatic carbocycles. The van der Waals surface area contributed by atoms with Crippen LogP contribution in [0.3, 0.4) is 0 Å². The minimum atomic E-state index is -3.87. The number of nitrogens with zero attached hydrogens (tertiary/aromatic N) is 17. The largest absolute Gasteiger partial charge is 0.497 e. The molecule has 0 bridgehead atoms. The Morgan fingerprint density at radius 2 is 0.695 bits per heavy atom. The number of aromatic amines is 4. The number of halogens is 3. The molecular formula is C91H92F3N21O9S4. The molecule has 8 aromatic carbocycles. The van der Waals surface area contributed by atoms with Crippen molar-refractivity contribution < 1.29 is 51.6 Å². The molecule has 0 saturated carbocycles. The maximum atomic E-state index is 13.3. The van der Waals surface area contributed by atoms with Crippen LogP contribution in [0.5, 0.6) is 5.75 Å². The molecule has 0 radical (unpaired) electrons. The minimum Gasteiger partial charge on any atom is -0.497 e. The lowest BCUT2D eigenvalue weighted by molar-refractivity contribution is 0.151. The number of nitriles is 1. The summed E-state index contributed by atoms with van der Waals surface area (Å²) in [6, 6.07) is 49.0. The Morgan fingerprint density at radius 1 is 0.383 bits per heavy atom. The summed E-state index contributed by atoms with van der Waals surface area (Å²) in [6.07, 6.45) is 22.1. The summed E-state index contributed by atoms with van der Waals surface area (Å²) in [6.45, 7) is 11.8. The molecule has 16 aromatic rings. The van der Waals surface area contributed by atoms with Crippen LogP contribution in [0.4, 0.5) is 13.2 Å². The highest BCUT2D eigenvalue weighted by atomic mass is 32.2. The van der Waals surface area contributed by atoms with Crippen molar-refractivity contribution in [1.82, 2.24) is 97.1 Å². The van der Waals surface area contributed by atoms with E-state index in [1.807, 2.05) is 145 Å². The first-order valence-corrected chi connectivity index (χ1v) is 47.6. The van der Waals surface area contributed by atoms with Gasteiger partial charge in [0.15, 0.2) is 0 Å². The predicted molar refractivity (Wildman–Crippen MR) is 477 cm³/mol. The minimum absolute atomic E-state index is 0.0599. The number of benzene rings is 8. The van der Waals surface area contributed by atoms with Gasteiger partial charge in [-0.05, 0) is 215 Å². The summed E-state index contributed by atoms with van der Waals surface area (Å²) in [5, 5.41) is 58.7. The van der Waals surface area contributed by atoms with Gasteiger partial charge in [0.1, 0.15) is 11.6 Å². The molecule has 0 amide bonds. The third-order valence-electron chi connectivity index (χ3n) is 24.4. The quantitative estimate of drug-likeness (QED) is 0.0489. The molecule has 0 spiro atoms. The van der Waals surface area contributed by atoms with Crippen LogP contribution in [-0.4, -0.2) is 188 Å². The van der Waals surface area contributed by atoms with Gasteiger partial charge in [0, 0.05) is 157 Å². The van der Waals surface area contributed by atoms with E-state index in [-0.39, 0.29) is 73.0 Å². The van der Waals surface area contributed by atoms with E-state index in [1.165, 1.54) is 64.3 Å². The van der Waals surface area contributed by atoms with Crippen LogP contribution in [0, 0.1) is 40.8 Å². The van der Waals surface area contributed by atoms with Gasteiger partial charge < -0.3 is 4.74 Å². The van der Waals surface area contributed by atoms with Crippen LogP contribution in [0.2, 0.25) is 0 Å². The molecule has 4 saturated heterocycles. The monoisotopic (exact) mass is 1810 g/mol. The molecule has 8 atom stereocenters. The van der Waals surface area contributed by atoms with Crippen molar-refractivity contribution in [3.05, 3.63) is 261 Å². The molecular weight excluding hydrogens is 1720 g/mol. The molecule has 20 rings (SSSR count). The van der Waals surface area contributed by atoms with E-state index in [1.54, 1.807) is 75.9 Å². The van der Waals surface area contributed by atoms with E-state index in [9.17, 15) is 46.8 Å². The fraction of sp³-hybridized carbons (Fsp3) is 0.286. The summed E-state index contributed by atoms with van der Waals surface area (Å²) in [7, 11) is -13.2. The second-order valence-corrected chi connectivity index (χ2v) is 40.7. The standard InChI is InChI=1S/C23H23F2N5O2S.C23H22N6O2S.C23H25N5O3S.C22H22FN5O2S/c1-15-7-16(14-30(15)33(31,32)21-4-2-3-18(9-21)23(24)25)13-29-22-6-5-17(8-19(22)12-28-29)20-10-26-27-11-20;1-16-7-18(15-29(16)32(30,31)22-4-2-3-17(8-22)10-24)14-28-23-6-5-19(9-20(23)13-27-28)21-11-25-26-12-21;1-16-8-17(15-28(16)32(29,30)22-5-3-4-21(10-22)31-2)14-27-23-7-6-18(9-19(23)13-26-27)20-11-24-25-12-20;1-15-8-16(14-28(15)31(29,30)21-5-3-20(23)4-6-21)13-27-22-7-2-17(9-18(22)12-26-27)19-10-24-25-11-19/h2-6,8-12,15-16,23H,7,13-14H2,1H3,(H,26,27);2-6,8-9,11-13,16,18H,7,14-15H2,1H3,(H,25,26);3-7,9-13,16-17H,8,14-15H2,1-2H3,(H,24,25);2-7,9-12,15-16H,8,13-14H2,1H3,(H,24,25)/t15-,16?;16-,18?;16-,17?;15-,16?/m0001/s1. The lowest BCUT2D eigenvalue weighted by Crippen LogP contribution is -2.34. The van der Waals surface area contributed by atoms with Gasteiger partial charge in [-0.1, -0.05) is 48.5 Å². The van der Waals surface area contributed by atoms with Gasteiger partial charge in [-0.15, -0.1) is 0 Å². The van der Waals surface area contributed by atoms with Crippen LogP contribution in [0.15, 0.2) is 264 Å². The summed E-state index contributed by atoms with van der Waals surface area (Å²) in [5.41, 5.74) is 12.4. The average Bonchev–Trinajstić information content (AvgIpc) is 1.71. The van der Waals surface area contributed by atoms with Gasteiger partial charge in [-0.25, -0.2) is 46.8 Å². The summed E-state index contributed by atoms with van der Waals surface area (Å²) >= 11 is 0. The van der Waals surface area contributed by atoms with E-state index in [0.29, 0.717) is 70.1 Å². The lowest BCUT2D eigenvalue weighted by Gasteiger charge is -2.21. The molecule has 4 N–H and O–H groups in total. The number of rotatable bonds is 22. The van der Waals surface area contributed by atoms with Crippen molar-refractivity contribution in [2.75, 3.05) is 33.3 Å². The summed E-state index contributed by atoms with van der Waals surface area (Å²) < 4.78 is 164. The molecule has 30 nitrogen and oxygen atoms in total. The number of aromatic nitrogens is 16. The number of hydrogen-bond acceptors (Lipinski definition) is 18. The Kier molecular flexibility index (Phi) is 24.9. The van der Waals surface area contributed by atoms with Crippen molar-refractivity contribution >= 4 is 83.7 Å². The highest BCUT2D eigenvalue weighted by Gasteiger charge is 2.43. The van der Waals surface area contributed by atoms with Crippen LogP contribution < -0.4 is 4.74 Å². The molecule has 37 heteroatoms. The van der Waals surface area contributed by atoms with E-state index < -0.39 is 52.3 Å². The number of sulfonamides is 4. The zero-order chi connectivity index (χ0) is 89.3. The second-order valence-electron chi connectivity index (χ2n) is 33.1. The normalized spacial score (nSPS) is 19.6. The molecule has 12 heterocycles. The number of H-pyrrole nitrogens is 4. The van der Waals surface area contributed by atoms with Gasteiger partial charge in [0.2, 0.25) is 40.1 Å². The fourth-order valence-electron chi connectivity index (χ4n) is 18.0. The van der Waals surface area contributed by atoms with E-state index in [0.717, 1.165) is 113 Å². The maximum absolute atomic E-state index is 13.3. The number of nitrogens with one attached hydrogen (secondary N) is 4. The lowest BCUT2D eigenvalue weighted by atomic mass is 10.1. The summed E-state index contributed by atoms with van der Waals surface area (Å²) in [4.78, 5) is 0.461. The number of methoxy groups -OCH3 is 1. The Morgan fingerprint density at radius 3 is 1.01 bits per heavy atom. The number of ether oxygens (including phenoxy) is 1. The van der Waals surface area contributed by atoms with Gasteiger partial charge in [0.25, 0.3) is 6.43 Å². The van der Waals surface area contributed by atoms with Crippen LogP contribution >= 0.6 is 0 Å². The van der Waals surface area contributed by atoms with E-state index in [4.69, 9.17) is 10.00 Å². The Bertz CT molecular complexity index is 7170. The van der Waals surface area contributed by atoms with Crippen molar-refractivity contribution in [2.45, 2.75) is 130 Å². The highest BCUT2D eigenvalue weighted by Crippen LogP contribution is 2.39. The zero-order valence-corrected chi connectivity index (χ0v) is 73.6. The first-order valence-electron chi connectivity index (χ1n) is 41.8. The molecule has 128 heavy (non-hydrogen) atoms. The molecule has 660 valence electrons. The SMILES string of the molecule is COc1cccc(S(=O)(=O)N2CC(Cn3ncc4cc(-c5cn[nH]c5)ccc43)C[C@@H]2C)c1.C[C@@H]1CC(Cn2ncc3cc(-c4cn[nH]c4)ccc32)CN1S(=O)(=O)c1ccc(F)cc1.C[C@H]1CC(Cn2ncc3cc(-c4cn[nH]c4)ccc32)CN1S(=O)(=O)c1cccc(C#N)c1.C[C@H]1CC(Cn2ncc3cc(-c4cn[nH]c4)ccc32)CN1S(=O)(=O)c1cccc(C(F)F)c1. The second kappa shape index (κ2) is 36.5. The first kappa shape index (κ1) is 87.3. The molecule has 4 unspecified atom stereocenters.